The highest BCUT2D eigenvalue weighted by atomic mass is 16.1. The molecule has 1 heterocycles. The summed E-state index contributed by atoms with van der Waals surface area (Å²) in [5.41, 5.74) is 8.07. The number of piperazine rings is 1. The lowest BCUT2D eigenvalue weighted by Gasteiger charge is -2.32. The predicted octanol–water partition coefficient (Wildman–Crippen LogP) is 0.788. The molecule has 0 radical (unpaired) electrons. The quantitative estimate of drug-likeness (QED) is 0.816. The van der Waals surface area contributed by atoms with Gasteiger partial charge in [-0.15, -0.1) is 0 Å². The standard InChI is InChI=1S/C17H28N4O/c1-14(18)11-17(22)19-12-15-3-5-16(6-4-15)13-21-9-7-20(2)8-10-21/h3-6,14H,7-13,18H2,1-2H3,(H,19,22). The molecule has 122 valence electrons. The van der Waals surface area contributed by atoms with E-state index in [1.807, 2.05) is 6.92 Å². The predicted molar refractivity (Wildman–Crippen MR) is 89.3 cm³/mol. The Bertz CT molecular complexity index is 464. The van der Waals surface area contributed by atoms with Gasteiger partial charge in [0.25, 0.3) is 0 Å². The smallest absolute Gasteiger partial charge is 0.221 e. The van der Waals surface area contributed by atoms with Crippen LogP contribution in [-0.2, 0) is 17.9 Å². The number of hydrogen-bond donors (Lipinski definition) is 2. The molecule has 2 rings (SSSR count). The van der Waals surface area contributed by atoms with E-state index in [-0.39, 0.29) is 11.9 Å². The van der Waals surface area contributed by atoms with E-state index in [0.717, 1.165) is 38.3 Å². The van der Waals surface area contributed by atoms with E-state index in [1.165, 1.54) is 5.56 Å². The minimum absolute atomic E-state index is 0.0107. The van der Waals surface area contributed by atoms with Crippen molar-refractivity contribution in [1.82, 2.24) is 15.1 Å². The largest absolute Gasteiger partial charge is 0.352 e. The molecule has 5 heteroatoms. The van der Waals surface area contributed by atoms with Crippen LogP contribution in [-0.4, -0.2) is 55.0 Å². The Morgan fingerprint density at radius 2 is 1.77 bits per heavy atom. The SMILES string of the molecule is CC(N)CC(=O)NCc1ccc(CN2CCN(C)CC2)cc1. The average molecular weight is 304 g/mol. The van der Waals surface area contributed by atoms with Crippen molar-refractivity contribution >= 4 is 5.91 Å². The Morgan fingerprint density at radius 1 is 1.18 bits per heavy atom. The van der Waals surface area contributed by atoms with Crippen LogP contribution >= 0.6 is 0 Å². The fourth-order valence-electron chi connectivity index (χ4n) is 2.59. The molecular weight excluding hydrogens is 276 g/mol. The van der Waals surface area contributed by atoms with Gasteiger partial charge in [-0.1, -0.05) is 24.3 Å². The van der Waals surface area contributed by atoms with E-state index in [2.05, 4.69) is 46.4 Å². The maximum absolute atomic E-state index is 11.6. The van der Waals surface area contributed by atoms with Crippen LogP contribution in [0.2, 0.25) is 0 Å². The minimum Gasteiger partial charge on any atom is -0.352 e. The second kappa shape index (κ2) is 8.27. The van der Waals surface area contributed by atoms with Crippen LogP contribution in [0.25, 0.3) is 0 Å². The average Bonchev–Trinajstić information content (AvgIpc) is 2.48. The van der Waals surface area contributed by atoms with Crippen molar-refractivity contribution in [1.29, 1.82) is 0 Å². The summed E-state index contributed by atoms with van der Waals surface area (Å²) >= 11 is 0. The second-order valence-corrected chi connectivity index (χ2v) is 6.35. The number of nitrogens with one attached hydrogen (secondary N) is 1. The summed E-state index contributed by atoms with van der Waals surface area (Å²) in [6.07, 6.45) is 0.376. The van der Waals surface area contributed by atoms with Crippen LogP contribution in [0.15, 0.2) is 24.3 Å². The van der Waals surface area contributed by atoms with Crippen LogP contribution in [0, 0.1) is 0 Å². The molecule has 1 aliphatic rings. The molecule has 0 aromatic heterocycles. The van der Waals surface area contributed by atoms with Crippen LogP contribution < -0.4 is 11.1 Å². The topological polar surface area (TPSA) is 61.6 Å². The number of benzene rings is 1. The van der Waals surface area contributed by atoms with Gasteiger partial charge in [0.15, 0.2) is 0 Å². The van der Waals surface area contributed by atoms with Gasteiger partial charge in [0.2, 0.25) is 5.91 Å². The number of carbonyl (C=O) groups is 1. The summed E-state index contributed by atoms with van der Waals surface area (Å²) in [6.45, 7) is 7.96. The Labute approximate surface area is 133 Å². The Balaban J connectivity index is 1.76. The Kier molecular flexibility index (Phi) is 6.36. The summed E-state index contributed by atoms with van der Waals surface area (Å²) in [7, 11) is 2.17. The van der Waals surface area contributed by atoms with Gasteiger partial charge in [0.05, 0.1) is 0 Å². The van der Waals surface area contributed by atoms with E-state index >= 15 is 0 Å². The van der Waals surface area contributed by atoms with Crippen molar-refractivity contribution in [3.63, 3.8) is 0 Å². The first-order chi connectivity index (χ1) is 10.5. The molecule has 1 aromatic carbocycles. The minimum atomic E-state index is -0.0917. The van der Waals surface area contributed by atoms with E-state index in [9.17, 15) is 4.79 Å². The zero-order valence-corrected chi connectivity index (χ0v) is 13.7. The molecule has 0 saturated carbocycles. The van der Waals surface area contributed by atoms with Gasteiger partial charge in [-0.2, -0.15) is 0 Å². The third-order valence-electron chi connectivity index (χ3n) is 4.02. The molecule has 0 aliphatic carbocycles. The Hall–Kier alpha value is -1.43. The lowest BCUT2D eigenvalue weighted by Crippen LogP contribution is -2.43. The fraction of sp³-hybridized carbons (Fsp3) is 0.588. The molecule has 1 amide bonds. The number of carbonyl (C=O) groups excluding carboxylic acids is 1. The lowest BCUT2D eigenvalue weighted by molar-refractivity contribution is -0.121. The maximum atomic E-state index is 11.6. The summed E-state index contributed by atoms with van der Waals surface area (Å²) in [4.78, 5) is 16.4. The van der Waals surface area contributed by atoms with Crippen molar-refractivity contribution in [2.24, 2.45) is 5.73 Å². The molecule has 1 fully saturated rings. The molecule has 0 spiro atoms. The van der Waals surface area contributed by atoms with Gasteiger partial charge >= 0.3 is 0 Å². The van der Waals surface area contributed by atoms with E-state index in [1.54, 1.807) is 0 Å². The maximum Gasteiger partial charge on any atom is 0.221 e. The van der Waals surface area contributed by atoms with Gasteiger partial charge < -0.3 is 16.0 Å². The first-order valence-electron chi connectivity index (χ1n) is 8.04. The van der Waals surface area contributed by atoms with Gasteiger partial charge in [0, 0.05) is 51.7 Å². The first kappa shape index (κ1) is 16.9. The third kappa shape index (κ3) is 5.75. The van der Waals surface area contributed by atoms with Gasteiger partial charge in [-0.25, -0.2) is 0 Å². The summed E-state index contributed by atoms with van der Waals surface area (Å²) in [5.74, 6) is 0.0107. The number of nitrogens with zero attached hydrogens (tertiary/aromatic N) is 2. The van der Waals surface area contributed by atoms with Crippen molar-refractivity contribution in [2.75, 3.05) is 33.2 Å². The zero-order chi connectivity index (χ0) is 15.9. The van der Waals surface area contributed by atoms with Crippen LogP contribution in [0.3, 0.4) is 0 Å². The van der Waals surface area contributed by atoms with Crippen molar-refractivity contribution < 1.29 is 4.79 Å². The normalized spacial score (nSPS) is 18.1. The highest BCUT2D eigenvalue weighted by Crippen LogP contribution is 2.09. The molecule has 1 aromatic rings. The summed E-state index contributed by atoms with van der Waals surface area (Å²) < 4.78 is 0. The second-order valence-electron chi connectivity index (χ2n) is 6.35. The first-order valence-corrected chi connectivity index (χ1v) is 8.04. The summed E-state index contributed by atoms with van der Waals surface area (Å²) in [6, 6.07) is 8.41. The third-order valence-corrected chi connectivity index (χ3v) is 4.02. The van der Waals surface area contributed by atoms with Gasteiger partial charge in [-0.3, -0.25) is 9.69 Å². The van der Waals surface area contributed by atoms with Crippen molar-refractivity contribution in [3.05, 3.63) is 35.4 Å². The van der Waals surface area contributed by atoms with Gasteiger partial charge in [-0.05, 0) is 25.1 Å². The molecular formula is C17H28N4O. The molecule has 5 nitrogen and oxygen atoms in total. The highest BCUT2D eigenvalue weighted by Gasteiger charge is 2.13. The fourth-order valence-corrected chi connectivity index (χ4v) is 2.59. The number of nitrogens with two attached hydrogens (primary N) is 1. The molecule has 1 aliphatic heterocycles. The number of amides is 1. The van der Waals surface area contributed by atoms with E-state index in [0.29, 0.717) is 13.0 Å². The molecule has 1 unspecified atom stereocenters. The van der Waals surface area contributed by atoms with E-state index < -0.39 is 0 Å². The molecule has 0 bridgehead atoms. The van der Waals surface area contributed by atoms with Crippen LogP contribution in [0.5, 0.6) is 0 Å². The van der Waals surface area contributed by atoms with E-state index in [4.69, 9.17) is 5.73 Å². The molecule has 22 heavy (non-hydrogen) atoms. The number of rotatable bonds is 6. The molecule has 1 atom stereocenters. The zero-order valence-electron chi connectivity index (χ0n) is 13.7. The summed E-state index contributed by atoms with van der Waals surface area (Å²) in [5, 5.41) is 2.90. The van der Waals surface area contributed by atoms with Crippen molar-refractivity contribution in [3.8, 4) is 0 Å². The van der Waals surface area contributed by atoms with Crippen LogP contribution in [0.1, 0.15) is 24.5 Å². The number of likely N-dealkylation sites (N-methyl/N-ethyl adjacent to an activating group) is 1. The monoisotopic (exact) mass is 304 g/mol. The van der Waals surface area contributed by atoms with Crippen LogP contribution in [0.4, 0.5) is 0 Å². The van der Waals surface area contributed by atoms with Gasteiger partial charge in [0.1, 0.15) is 0 Å². The molecule has 3 N–H and O–H groups in total. The van der Waals surface area contributed by atoms with Crippen molar-refractivity contribution in [2.45, 2.75) is 32.5 Å². The lowest BCUT2D eigenvalue weighted by atomic mass is 10.1. The number of hydrogen-bond acceptors (Lipinski definition) is 4. The highest BCUT2D eigenvalue weighted by molar-refractivity contribution is 5.76. The molecule has 1 saturated heterocycles. The Morgan fingerprint density at radius 3 is 2.36 bits per heavy atom.